The molecule has 0 radical (unpaired) electrons. The number of benzene rings is 1. The molecular formula is C14H19BrN2O2. The number of hydrogen-bond donors (Lipinski definition) is 2. The molecule has 1 atom stereocenters. The Morgan fingerprint density at radius 1 is 1.47 bits per heavy atom. The van der Waals surface area contributed by atoms with Gasteiger partial charge >= 0.3 is 0 Å². The van der Waals surface area contributed by atoms with Crippen molar-refractivity contribution < 1.29 is 9.53 Å². The third kappa shape index (κ3) is 3.94. The minimum atomic E-state index is -0.376. The van der Waals surface area contributed by atoms with E-state index in [0.29, 0.717) is 6.54 Å². The minimum Gasteiger partial charge on any atom is -0.480 e. The van der Waals surface area contributed by atoms with Crippen LogP contribution in [-0.2, 0) is 11.3 Å². The Balaban J connectivity index is 2.14. The first-order valence-electron chi connectivity index (χ1n) is 6.58. The van der Waals surface area contributed by atoms with Crippen molar-refractivity contribution in [1.82, 2.24) is 10.6 Å². The molecule has 1 heterocycles. The van der Waals surface area contributed by atoms with Gasteiger partial charge in [-0.3, -0.25) is 4.79 Å². The second kappa shape index (κ2) is 6.91. The third-order valence-electron chi connectivity index (χ3n) is 3.14. The predicted octanol–water partition coefficient (Wildman–Crippen LogP) is 2.22. The zero-order valence-corrected chi connectivity index (χ0v) is 12.6. The maximum Gasteiger partial charge on any atom is 0.261 e. The van der Waals surface area contributed by atoms with Crippen LogP contribution in [0.1, 0.15) is 24.8 Å². The van der Waals surface area contributed by atoms with E-state index in [1.165, 1.54) is 0 Å². The van der Waals surface area contributed by atoms with Crippen LogP contribution in [0.4, 0.5) is 0 Å². The molecule has 0 aromatic heterocycles. The van der Waals surface area contributed by atoms with E-state index in [1.54, 1.807) is 0 Å². The van der Waals surface area contributed by atoms with Crippen molar-refractivity contribution in [2.24, 2.45) is 0 Å². The molecule has 0 spiro atoms. The van der Waals surface area contributed by atoms with Gasteiger partial charge in [-0.1, -0.05) is 15.9 Å². The molecule has 1 aliphatic rings. The Labute approximate surface area is 122 Å². The molecule has 0 bridgehead atoms. The first kappa shape index (κ1) is 14.3. The maximum atomic E-state index is 11.9. The number of halogens is 1. The first-order chi connectivity index (χ1) is 9.20. The van der Waals surface area contributed by atoms with Gasteiger partial charge in [0.25, 0.3) is 5.91 Å². The number of ether oxygens (including phenoxy) is 1. The summed E-state index contributed by atoms with van der Waals surface area (Å²) in [5.74, 6) is 0.774. The van der Waals surface area contributed by atoms with Gasteiger partial charge in [0.2, 0.25) is 0 Å². The van der Waals surface area contributed by atoms with E-state index in [0.717, 1.165) is 41.6 Å². The Morgan fingerprint density at radius 2 is 2.32 bits per heavy atom. The van der Waals surface area contributed by atoms with Crippen molar-refractivity contribution in [3.63, 3.8) is 0 Å². The first-order valence-corrected chi connectivity index (χ1v) is 7.37. The lowest BCUT2D eigenvalue weighted by Gasteiger charge is -2.18. The van der Waals surface area contributed by atoms with Crippen molar-refractivity contribution >= 4 is 21.8 Å². The number of nitrogens with one attached hydrogen (secondary N) is 2. The van der Waals surface area contributed by atoms with Crippen LogP contribution in [0, 0.1) is 0 Å². The van der Waals surface area contributed by atoms with E-state index in [2.05, 4.69) is 26.6 Å². The highest BCUT2D eigenvalue weighted by atomic mass is 79.9. The fourth-order valence-electron chi connectivity index (χ4n) is 2.17. The van der Waals surface area contributed by atoms with Crippen LogP contribution in [0.3, 0.4) is 0 Å². The van der Waals surface area contributed by atoms with Gasteiger partial charge in [0.05, 0.1) is 0 Å². The van der Waals surface area contributed by atoms with Crippen molar-refractivity contribution in [2.45, 2.75) is 31.9 Å². The zero-order chi connectivity index (χ0) is 13.7. The summed E-state index contributed by atoms with van der Waals surface area (Å²) in [5, 5.41) is 6.00. The molecule has 5 heteroatoms. The summed E-state index contributed by atoms with van der Waals surface area (Å²) >= 11 is 3.45. The van der Waals surface area contributed by atoms with Gasteiger partial charge in [-0.2, -0.15) is 0 Å². The lowest BCUT2D eigenvalue weighted by molar-refractivity contribution is -0.127. The number of amides is 1. The summed E-state index contributed by atoms with van der Waals surface area (Å²) in [6.07, 6.45) is 2.44. The van der Waals surface area contributed by atoms with Gasteiger partial charge in [-0.15, -0.1) is 0 Å². The normalized spacial score (nSPS) is 19.7. The van der Waals surface area contributed by atoms with Gasteiger partial charge in [0.15, 0.2) is 6.10 Å². The van der Waals surface area contributed by atoms with E-state index in [-0.39, 0.29) is 12.0 Å². The minimum absolute atomic E-state index is 0.00386. The largest absolute Gasteiger partial charge is 0.480 e. The molecule has 1 saturated heterocycles. The van der Waals surface area contributed by atoms with Crippen LogP contribution in [0.5, 0.6) is 5.75 Å². The molecule has 1 aromatic rings. The molecule has 2 N–H and O–H groups in total. The molecule has 0 saturated carbocycles. The quantitative estimate of drug-likeness (QED) is 0.892. The van der Waals surface area contributed by atoms with Crippen LogP contribution in [0.2, 0.25) is 0 Å². The van der Waals surface area contributed by atoms with Gasteiger partial charge in [-0.05, 0) is 44.5 Å². The lowest BCUT2D eigenvalue weighted by Crippen LogP contribution is -2.36. The van der Waals surface area contributed by atoms with Crippen molar-refractivity contribution in [3.8, 4) is 5.75 Å². The number of rotatable bonds is 4. The van der Waals surface area contributed by atoms with E-state index in [9.17, 15) is 4.79 Å². The molecule has 0 aliphatic carbocycles. The highest BCUT2D eigenvalue weighted by Gasteiger charge is 2.23. The molecule has 19 heavy (non-hydrogen) atoms. The van der Waals surface area contributed by atoms with Crippen LogP contribution in [-0.4, -0.2) is 25.6 Å². The Kier molecular flexibility index (Phi) is 5.22. The molecule has 2 rings (SSSR count). The molecule has 1 unspecified atom stereocenters. The standard InChI is InChI=1S/C14H19BrN2O2/c1-16-9-10-8-11(15)5-6-12(10)19-13-4-2-3-7-17-14(13)18/h5-6,8,13,16H,2-4,7,9H2,1H3,(H,17,18). The van der Waals surface area contributed by atoms with E-state index in [1.807, 2.05) is 25.2 Å². The highest BCUT2D eigenvalue weighted by molar-refractivity contribution is 9.10. The van der Waals surface area contributed by atoms with Crippen molar-refractivity contribution in [1.29, 1.82) is 0 Å². The summed E-state index contributed by atoms with van der Waals surface area (Å²) in [6, 6.07) is 5.86. The highest BCUT2D eigenvalue weighted by Crippen LogP contribution is 2.25. The summed E-state index contributed by atoms with van der Waals surface area (Å²) in [7, 11) is 1.89. The van der Waals surface area contributed by atoms with Crippen LogP contribution >= 0.6 is 15.9 Å². The van der Waals surface area contributed by atoms with Crippen LogP contribution in [0.25, 0.3) is 0 Å². The second-order valence-electron chi connectivity index (χ2n) is 4.68. The summed E-state index contributed by atoms with van der Waals surface area (Å²) in [5.41, 5.74) is 1.05. The maximum absolute atomic E-state index is 11.9. The Bertz CT molecular complexity index is 451. The molecule has 4 nitrogen and oxygen atoms in total. The van der Waals surface area contributed by atoms with Gasteiger partial charge < -0.3 is 15.4 Å². The SMILES string of the molecule is CNCc1cc(Br)ccc1OC1CCCCNC1=O. The van der Waals surface area contributed by atoms with Crippen molar-refractivity contribution in [2.75, 3.05) is 13.6 Å². The summed E-state index contributed by atoms with van der Waals surface area (Å²) in [6.45, 7) is 1.46. The van der Waals surface area contributed by atoms with Gasteiger partial charge in [0, 0.05) is 23.1 Å². The molecule has 1 amide bonds. The van der Waals surface area contributed by atoms with Crippen LogP contribution < -0.4 is 15.4 Å². The fourth-order valence-corrected chi connectivity index (χ4v) is 2.58. The molecular weight excluding hydrogens is 308 g/mol. The smallest absolute Gasteiger partial charge is 0.261 e. The molecule has 104 valence electrons. The van der Waals surface area contributed by atoms with E-state index < -0.39 is 0 Å². The fraction of sp³-hybridized carbons (Fsp3) is 0.500. The topological polar surface area (TPSA) is 50.4 Å². The van der Waals surface area contributed by atoms with Crippen LogP contribution in [0.15, 0.2) is 22.7 Å². The average Bonchev–Trinajstić information content (AvgIpc) is 2.58. The lowest BCUT2D eigenvalue weighted by atomic mass is 10.1. The summed E-state index contributed by atoms with van der Waals surface area (Å²) < 4.78 is 6.92. The predicted molar refractivity (Wildman–Crippen MR) is 78.2 cm³/mol. The monoisotopic (exact) mass is 326 g/mol. The summed E-state index contributed by atoms with van der Waals surface area (Å²) in [4.78, 5) is 11.9. The number of carbonyl (C=O) groups excluding carboxylic acids is 1. The van der Waals surface area contributed by atoms with E-state index >= 15 is 0 Å². The van der Waals surface area contributed by atoms with Crippen molar-refractivity contribution in [3.05, 3.63) is 28.2 Å². The molecule has 1 aromatic carbocycles. The second-order valence-corrected chi connectivity index (χ2v) is 5.59. The Morgan fingerprint density at radius 3 is 3.11 bits per heavy atom. The molecule has 1 aliphatic heterocycles. The van der Waals surface area contributed by atoms with Gasteiger partial charge in [-0.25, -0.2) is 0 Å². The average molecular weight is 327 g/mol. The number of hydrogen-bond acceptors (Lipinski definition) is 3. The molecule has 1 fully saturated rings. The van der Waals surface area contributed by atoms with E-state index in [4.69, 9.17) is 4.74 Å². The number of carbonyl (C=O) groups is 1. The third-order valence-corrected chi connectivity index (χ3v) is 3.64. The van der Waals surface area contributed by atoms with Gasteiger partial charge in [0.1, 0.15) is 5.75 Å². The Hall–Kier alpha value is -1.07. The zero-order valence-electron chi connectivity index (χ0n) is 11.0.